The van der Waals surface area contributed by atoms with Crippen LogP contribution >= 0.6 is 0 Å². The predicted octanol–water partition coefficient (Wildman–Crippen LogP) is 3.43. The number of aryl methyl sites for hydroxylation is 1. The van der Waals surface area contributed by atoms with Crippen molar-refractivity contribution in [1.29, 1.82) is 0 Å². The highest BCUT2D eigenvalue weighted by Crippen LogP contribution is 2.19. The Morgan fingerprint density at radius 2 is 1.65 bits per heavy atom. The summed E-state index contributed by atoms with van der Waals surface area (Å²) >= 11 is 0. The van der Waals surface area contributed by atoms with E-state index in [0.717, 1.165) is 5.76 Å². The number of furan rings is 2. The molecule has 6 nitrogen and oxygen atoms in total. The molecule has 0 aliphatic rings. The summed E-state index contributed by atoms with van der Waals surface area (Å²) in [6, 6.07) is 14.8. The van der Waals surface area contributed by atoms with Crippen LogP contribution in [-0.2, 0) is 22.1 Å². The summed E-state index contributed by atoms with van der Waals surface area (Å²) in [6.45, 7) is 2.13. The zero-order valence-electron chi connectivity index (χ0n) is 14.5. The number of carbonyl (C=O) groups is 1. The monoisotopic (exact) mass is 373 g/mol. The van der Waals surface area contributed by atoms with E-state index in [4.69, 9.17) is 8.83 Å². The molecule has 0 saturated carbocycles. The van der Waals surface area contributed by atoms with Gasteiger partial charge in [-0.05, 0) is 43.3 Å². The second-order valence-electron chi connectivity index (χ2n) is 6.01. The Bertz CT molecular complexity index is 1000. The molecule has 0 fully saturated rings. The van der Waals surface area contributed by atoms with Gasteiger partial charge >= 0.3 is 0 Å². The molecule has 26 heavy (non-hydrogen) atoms. The summed E-state index contributed by atoms with van der Waals surface area (Å²) in [6.07, 6.45) is 0. The summed E-state index contributed by atoms with van der Waals surface area (Å²) in [5.74, 6) is 1.10. The quantitative estimate of drug-likeness (QED) is 0.661. The molecule has 0 radical (unpaired) electrons. The van der Waals surface area contributed by atoms with Crippen molar-refractivity contribution in [3.63, 3.8) is 0 Å². The van der Waals surface area contributed by atoms with Crippen LogP contribution in [0.3, 0.4) is 0 Å². The van der Waals surface area contributed by atoms with Crippen molar-refractivity contribution in [3.05, 3.63) is 77.6 Å². The van der Waals surface area contributed by atoms with Crippen molar-refractivity contribution in [3.8, 4) is 0 Å². The standard InChI is InChI=1S/C19H19NO5S/c1-14-8-9-15(24-14)12-20(2)19(21)18-11-10-16(25-18)13-26(22,23)17-6-4-3-5-7-17/h3-11H,12-13H2,1-2H3. The Balaban J connectivity index is 1.70. The van der Waals surface area contributed by atoms with Gasteiger partial charge in [0.05, 0.1) is 11.4 Å². The molecule has 136 valence electrons. The Morgan fingerprint density at radius 1 is 0.962 bits per heavy atom. The van der Waals surface area contributed by atoms with Crippen molar-refractivity contribution in [2.45, 2.75) is 24.1 Å². The molecule has 0 unspecified atom stereocenters. The van der Waals surface area contributed by atoms with Crippen molar-refractivity contribution in [1.82, 2.24) is 4.90 Å². The van der Waals surface area contributed by atoms with Gasteiger partial charge in [0.2, 0.25) is 0 Å². The van der Waals surface area contributed by atoms with Crippen LogP contribution in [0, 0.1) is 6.92 Å². The largest absolute Gasteiger partial charge is 0.464 e. The first kappa shape index (κ1) is 18.0. The van der Waals surface area contributed by atoms with Crippen LogP contribution in [0.1, 0.15) is 27.8 Å². The normalized spacial score (nSPS) is 11.5. The van der Waals surface area contributed by atoms with Crippen LogP contribution < -0.4 is 0 Å². The number of benzene rings is 1. The highest BCUT2D eigenvalue weighted by Gasteiger charge is 2.21. The minimum absolute atomic E-state index is 0.0917. The van der Waals surface area contributed by atoms with Crippen molar-refractivity contribution in [2.24, 2.45) is 0 Å². The number of hydrogen-bond acceptors (Lipinski definition) is 5. The Kier molecular flexibility index (Phi) is 4.99. The minimum Gasteiger partial charge on any atom is -0.464 e. The summed E-state index contributed by atoms with van der Waals surface area (Å²) in [7, 11) is -1.90. The minimum atomic E-state index is -3.53. The molecular weight excluding hydrogens is 354 g/mol. The molecule has 7 heteroatoms. The van der Waals surface area contributed by atoms with Crippen LogP contribution in [0.25, 0.3) is 0 Å². The molecule has 0 atom stereocenters. The van der Waals surface area contributed by atoms with Crippen LogP contribution in [0.4, 0.5) is 0 Å². The smallest absolute Gasteiger partial charge is 0.289 e. The fraction of sp³-hybridized carbons (Fsp3) is 0.211. The zero-order valence-corrected chi connectivity index (χ0v) is 15.3. The van der Waals surface area contributed by atoms with Crippen molar-refractivity contribution < 1.29 is 22.0 Å². The van der Waals surface area contributed by atoms with E-state index in [0.29, 0.717) is 12.3 Å². The summed E-state index contributed by atoms with van der Waals surface area (Å²) < 4.78 is 35.7. The van der Waals surface area contributed by atoms with Gasteiger partial charge in [0, 0.05) is 7.05 Å². The van der Waals surface area contributed by atoms with E-state index in [9.17, 15) is 13.2 Å². The molecule has 1 amide bonds. The fourth-order valence-corrected chi connectivity index (χ4v) is 3.80. The molecule has 3 rings (SSSR count). The lowest BCUT2D eigenvalue weighted by molar-refractivity contribution is 0.0741. The van der Waals surface area contributed by atoms with Crippen LogP contribution in [0.5, 0.6) is 0 Å². The first-order valence-corrected chi connectivity index (χ1v) is 9.68. The lowest BCUT2D eigenvalue weighted by atomic mass is 10.3. The molecule has 0 aliphatic carbocycles. The molecule has 1 aromatic carbocycles. The molecule has 0 bridgehead atoms. The number of amides is 1. The third-order valence-corrected chi connectivity index (χ3v) is 5.50. The van der Waals surface area contributed by atoms with E-state index in [1.165, 1.54) is 29.2 Å². The fourth-order valence-electron chi connectivity index (χ4n) is 2.53. The van der Waals surface area contributed by atoms with Crippen molar-refractivity contribution >= 4 is 15.7 Å². The SMILES string of the molecule is Cc1ccc(CN(C)C(=O)c2ccc(CS(=O)(=O)c3ccccc3)o2)o1. The number of rotatable bonds is 6. The molecule has 2 heterocycles. The van der Waals surface area contributed by atoms with Gasteiger partial charge in [-0.2, -0.15) is 0 Å². The summed E-state index contributed by atoms with van der Waals surface area (Å²) in [4.78, 5) is 14.1. The molecule has 0 aliphatic heterocycles. The van der Waals surface area contributed by atoms with Gasteiger partial charge in [0.25, 0.3) is 5.91 Å². The predicted molar refractivity (Wildman–Crippen MR) is 95.3 cm³/mol. The number of hydrogen-bond donors (Lipinski definition) is 0. The van der Waals surface area contributed by atoms with Gasteiger partial charge in [0.15, 0.2) is 15.6 Å². The third-order valence-electron chi connectivity index (χ3n) is 3.84. The topological polar surface area (TPSA) is 80.7 Å². The molecule has 0 saturated heterocycles. The Morgan fingerprint density at radius 3 is 2.31 bits per heavy atom. The first-order valence-electron chi connectivity index (χ1n) is 8.02. The van der Waals surface area contributed by atoms with Gasteiger partial charge < -0.3 is 13.7 Å². The highest BCUT2D eigenvalue weighted by atomic mass is 32.2. The number of sulfone groups is 1. The van der Waals surface area contributed by atoms with E-state index >= 15 is 0 Å². The van der Waals surface area contributed by atoms with E-state index < -0.39 is 9.84 Å². The molecule has 2 aromatic heterocycles. The average molecular weight is 373 g/mol. The molecule has 3 aromatic rings. The molecule has 0 spiro atoms. The second-order valence-corrected chi connectivity index (χ2v) is 8.00. The van der Waals surface area contributed by atoms with Crippen LogP contribution in [-0.4, -0.2) is 26.3 Å². The van der Waals surface area contributed by atoms with Crippen LogP contribution in [0.2, 0.25) is 0 Å². The lowest BCUT2D eigenvalue weighted by Crippen LogP contribution is -2.25. The first-order chi connectivity index (χ1) is 12.3. The van der Waals surface area contributed by atoms with E-state index in [1.54, 1.807) is 31.3 Å². The second kappa shape index (κ2) is 7.21. The third kappa shape index (κ3) is 4.05. The van der Waals surface area contributed by atoms with E-state index in [2.05, 4.69) is 0 Å². The Labute approximate surface area is 152 Å². The zero-order chi connectivity index (χ0) is 18.7. The van der Waals surface area contributed by atoms with Crippen LogP contribution in [0.15, 0.2) is 68.3 Å². The number of carbonyl (C=O) groups excluding carboxylic acids is 1. The van der Waals surface area contributed by atoms with E-state index in [-0.39, 0.29) is 28.1 Å². The van der Waals surface area contributed by atoms with Gasteiger partial charge in [-0.3, -0.25) is 4.79 Å². The summed E-state index contributed by atoms with van der Waals surface area (Å²) in [5, 5.41) is 0. The number of nitrogens with zero attached hydrogens (tertiary/aromatic N) is 1. The van der Waals surface area contributed by atoms with Gasteiger partial charge in [-0.15, -0.1) is 0 Å². The van der Waals surface area contributed by atoms with Gasteiger partial charge in [-0.1, -0.05) is 18.2 Å². The maximum Gasteiger partial charge on any atom is 0.289 e. The van der Waals surface area contributed by atoms with Crippen molar-refractivity contribution in [2.75, 3.05) is 7.05 Å². The van der Waals surface area contributed by atoms with Gasteiger partial charge in [-0.25, -0.2) is 8.42 Å². The van der Waals surface area contributed by atoms with E-state index in [1.807, 2.05) is 13.0 Å². The maximum absolute atomic E-state index is 12.4. The Hall–Kier alpha value is -2.80. The average Bonchev–Trinajstić information content (AvgIpc) is 3.23. The highest BCUT2D eigenvalue weighted by molar-refractivity contribution is 7.90. The summed E-state index contributed by atoms with van der Waals surface area (Å²) in [5.41, 5.74) is 0. The molecular formula is C19H19NO5S. The van der Waals surface area contributed by atoms with Gasteiger partial charge in [0.1, 0.15) is 23.0 Å². The maximum atomic E-state index is 12.4. The lowest BCUT2D eigenvalue weighted by Gasteiger charge is -2.13. The molecule has 0 N–H and O–H groups in total.